The quantitative estimate of drug-likeness (QED) is 0.677. The Morgan fingerprint density at radius 2 is 1.74 bits per heavy atom. The minimum atomic E-state index is -0.330. The van der Waals surface area contributed by atoms with Gasteiger partial charge in [-0.25, -0.2) is 4.79 Å². The molecule has 0 heterocycles. The van der Waals surface area contributed by atoms with Crippen LogP contribution < -0.4 is 4.74 Å². The van der Waals surface area contributed by atoms with Crippen LogP contribution >= 0.6 is 0 Å². The van der Waals surface area contributed by atoms with Gasteiger partial charge in [-0.3, -0.25) is 0 Å². The lowest BCUT2D eigenvalue weighted by Crippen LogP contribution is -2.03. The molecule has 3 rings (SSSR count). The molecule has 0 fully saturated rings. The number of carbonyl (C=O) groups excluding carboxylic acids is 1. The highest BCUT2D eigenvalue weighted by Gasteiger charge is 2.14. The minimum Gasteiger partial charge on any atom is -0.496 e. The zero-order chi connectivity index (χ0) is 16.2. The number of ether oxygens (including phenoxy) is 2. The van der Waals surface area contributed by atoms with E-state index in [1.54, 1.807) is 7.11 Å². The molecule has 0 atom stereocenters. The van der Waals surface area contributed by atoms with E-state index in [9.17, 15) is 4.79 Å². The molecule has 0 aromatic heterocycles. The lowest BCUT2D eigenvalue weighted by atomic mass is 9.95. The van der Waals surface area contributed by atoms with Gasteiger partial charge in [-0.1, -0.05) is 42.5 Å². The summed E-state index contributed by atoms with van der Waals surface area (Å²) < 4.78 is 10.4. The molecule has 0 amide bonds. The molecule has 3 aromatic carbocycles. The molecule has 0 bridgehead atoms. The number of fused-ring (bicyclic) bond motifs is 1. The van der Waals surface area contributed by atoms with Crippen LogP contribution in [-0.2, 0) is 11.2 Å². The van der Waals surface area contributed by atoms with E-state index < -0.39 is 0 Å². The van der Waals surface area contributed by atoms with Gasteiger partial charge in [0.05, 0.1) is 19.8 Å². The van der Waals surface area contributed by atoms with E-state index in [1.165, 1.54) is 12.7 Å². The van der Waals surface area contributed by atoms with Crippen LogP contribution in [0.5, 0.6) is 5.75 Å². The average Bonchev–Trinajstić information content (AvgIpc) is 2.61. The van der Waals surface area contributed by atoms with Gasteiger partial charge >= 0.3 is 5.97 Å². The Balaban J connectivity index is 2.21. The largest absolute Gasteiger partial charge is 0.496 e. The Morgan fingerprint density at radius 3 is 2.43 bits per heavy atom. The van der Waals surface area contributed by atoms with Gasteiger partial charge in [-0.15, -0.1) is 0 Å². The minimum absolute atomic E-state index is 0.330. The number of carbonyl (C=O) groups is 1. The van der Waals surface area contributed by atoms with E-state index in [1.807, 2.05) is 48.5 Å². The van der Waals surface area contributed by atoms with Crippen molar-refractivity contribution in [2.45, 2.75) is 6.42 Å². The van der Waals surface area contributed by atoms with Crippen LogP contribution in [0.1, 0.15) is 21.5 Å². The van der Waals surface area contributed by atoms with Gasteiger partial charge in [0, 0.05) is 5.39 Å². The highest BCUT2D eigenvalue weighted by molar-refractivity contribution is 5.99. The van der Waals surface area contributed by atoms with Crippen LogP contribution in [0.15, 0.2) is 60.7 Å². The Bertz CT molecular complexity index is 838. The molecule has 0 aliphatic heterocycles. The third-order valence-electron chi connectivity index (χ3n) is 3.90. The third kappa shape index (κ3) is 3.04. The van der Waals surface area contributed by atoms with Gasteiger partial charge in [0.15, 0.2) is 0 Å². The van der Waals surface area contributed by atoms with E-state index >= 15 is 0 Å². The summed E-state index contributed by atoms with van der Waals surface area (Å²) in [5.74, 6) is 0.480. The SMILES string of the molecule is COC(=O)c1cc(Cc2ccccc2)c2c(OC)cccc2c1. The van der Waals surface area contributed by atoms with Crippen molar-refractivity contribution in [2.24, 2.45) is 0 Å². The monoisotopic (exact) mass is 306 g/mol. The summed E-state index contributed by atoms with van der Waals surface area (Å²) in [5.41, 5.74) is 2.78. The normalized spacial score (nSPS) is 10.5. The molecule has 0 spiro atoms. The van der Waals surface area contributed by atoms with E-state index in [-0.39, 0.29) is 5.97 Å². The fourth-order valence-electron chi connectivity index (χ4n) is 2.84. The maximum atomic E-state index is 12.0. The summed E-state index contributed by atoms with van der Waals surface area (Å²) in [5, 5.41) is 2.00. The molecule has 23 heavy (non-hydrogen) atoms. The third-order valence-corrected chi connectivity index (χ3v) is 3.90. The van der Waals surface area contributed by atoms with Gasteiger partial charge in [0.2, 0.25) is 0 Å². The molecular formula is C20H18O3. The molecule has 0 aliphatic rings. The first kappa shape index (κ1) is 15.1. The van der Waals surface area contributed by atoms with Crippen molar-refractivity contribution in [3.63, 3.8) is 0 Å². The van der Waals surface area contributed by atoms with Crippen molar-refractivity contribution >= 4 is 16.7 Å². The Hall–Kier alpha value is -2.81. The van der Waals surface area contributed by atoms with Gasteiger partial charge in [0.1, 0.15) is 5.75 Å². The molecule has 0 N–H and O–H groups in total. The molecule has 0 radical (unpaired) electrons. The predicted molar refractivity (Wildman–Crippen MR) is 91.1 cm³/mol. The standard InChI is InChI=1S/C20H18O3/c1-22-18-10-6-9-15-12-17(20(21)23-2)13-16(19(15)18)11-14-7-4-3-5-8-14/h3-10,12-13H,11H2,1-2H3. The second-order valence-electron chi connectivity index (χ2n) is 5.35. The Kier molecular flexibility index (Phi) is 4.29. The summed E-state index contributed by atoms with van der Waals surface area (Å²) in [4.78, 5) is 12.0. The van der Waals surface area contributed by atoms with Crippen molar-refractivity contribution in [1.82, 2.24) is 0 Å². The maximum absolute atomic E-state index is 12.0. The molecule has 0 saturated carbocycles. The Labute approximate surface area is 135 Å². The van der Waals surface area contributed by atoms with Gasteiger partial charge < -0.3 is 9.47 Å². The lowest BCUT2D eigenvalue weighted by Gasteiger charge is -2.13. The van der Waals surface area contributed by atoms with Gasteiger partial charge in [0.25, 0.3) is 0 Å². The number of benzene rings is 3. The number of methoxy groups -OCH3 is 2. The first-order chi connectivity index (χ1) is 11.2. The first-order valence-electron chi connectivity index (χ1n) is 7.45. The number of hydrogen-bond donors (Lipinski definition) is 0. The lowest BCUT2D eigenvalue weighted by molar-refractivity contribution is 0.0601. The maximum Gasteiger partial charge on any atom is 0.337 e. The number of hydrogen-bond acceptors (Lipinski definition) is 3. The molecule has 116 valence electrons. The van der Waals surface area contributed by atoms with Crippen molar-refractivity contribution < 1.29 is 14.3 Å². The van der Waals surface area contributed by atoms with E-state index in [4.69, 9.17) is 9.47 Å². The first-order valence-corrected chi connectivity index (χ1v) is 7.45. The average molecular weight is 306 g/mol. The zero-order valence-electron chi connectivity index (χ0n) is 13.2. The number of esters is 1. The van der Waals surface area contributed by atoms with Gasteiger partial charge in [-0.05, 0) is 41.1 Å². The summed E-state index contributed by atoms with van der Waals surface area (Å²) in [6, 6.07) is 19.8. The van der Waals surface area contributed by atoms with Crippen LogP contribution in [0.4, 0.5) is 0 Å². The van der Waals surface area contributed by atoms with E-state index in [0.717, 1.165) is 28.5 Å². The van der Waals surface area contributed by atoms with Crippen LogP contribution in [0.25, 0.3) is 10.8 Å². The fraction of sp³-hybridized carbons (Fsp3) is 0.150. The van der Waals surface area contributed by atoms with E-state index in [2.05, 4.69) is 12.1 Å². The molecule has 3 aromatic rings. The fourth-order valence-corrected chi connectivity index (χ4v) is 2.84. The van der Waals surface area contributed by atoms with Crippen LogP contribution in [0.2, 0.25) is 0 Å². The second kappa shape index (κ2) is 6.53. The van der Waals surface area contributed by atoms with Crippen molar-refractivity contribution in [1.29, 1.82) is 0 Å². The van der Waals surface area contributed by atoms with Crippen LogP contribution in [0.3, 0.4) is 0 Å². The Morgan fingerprint density at radius 1 is 0.957 bits per heavy atom. The van der Waals surface area contributed by atoms with Crippen molar-refractivity contribution in [3.8, 4) is 5.75 Å². The van der Waals surface area contributed by atoms with Crippen LogP contribution in [-0.4, -0.2) is 20.2 Å². The topological polar surface area (TPSA) is 35.5 Å². The zero-order valence-corrected chi connectivity index (χ0v) is 13.2. The second-order valence-corrected chi connectivity index (χ2v) is 5.35. The molecular weight excluding hydrogens is 288 g/mol. The highest BCUT2D eigenvalue weighted by Crippen LogP contribution is 2.31. The van der Waals surface area contributed by atoms with E-state index in [0.29, 0.717) is 5.56 Å². The van der Waals surface area contributed by atoms with Crippen LogP contribution in [0, 0.1) is 0 Å². The summed E-state index contributed by atoms with van der Waals surface area (Å²) in [6.45, 7) is 0. The highest BCUT2D eigenvalue weighted by atomic mass is 16.5. The van der Waals surface area contributed by atoms with Crippen molar-refractivity contribution in [2.75, 3.05) is 14.2 Å². The molecule has 0 aliphatic carbocycles. The molecule has 0 saturated heterocycles. The van der Waals surface area contributed by atoms with Gasteiger partial charge in [-0.2, -0.15) is 0 Å². The smallest absolute Gasteiger partial charge is 0.337 e. The summed E-state index contributed by atoms with van der Waals surface area (Å²) >= 11 is 0. The molecule has 0 unspecified atom stereocenters. The molecule has 3 nitrogen and oxygen atoms in total. The summed E-state index contributed by atoms with van der Waals surface area (Å²) in [7, 11) is 3.06. The predicted octanol–water partition coefficient (Wildman–Crippen LogP) is 4.23. The number of rotatable bonds is 4. The molecule has 3 heteroatoms. The van der Waals surface area contributed by atoms with Crippen molar-refractivity contribution in [3.05, 3.63) is 77.4 Å². The summed E-state index contributed by atoms with van der Waals surface area (Å²) in [6.07, 6.45) is 0.725.